The minimum absolute atomic E-state index is 0.107. The zero-order chi connectivity index (χ0) is 21.0. The second kappa shape index (κ2) is 8.81. The van der Waals surface area contributed by atoms with E-state index in [-0.39, 0.29) is 17.5 Å². The highest BCUT2D eigenvalue weighted by molar-refractivity contribution is 5.95. The monoisotopic (exact) mass is 399 g/mol. The molecule has 8 nitrogen and oxygen atoms in total. The van der Waals surface area contributed by atoms with Crippen LogP contribution in [0.2, 0.25) is 0 Å². The predicted molar refractivity (Wildman–Crippen MR) is 108 cm³/mol. The van der Waals surface area contributed by atoms with Crippen molar-refractivity contribution in [3.8, 4) is 11.5 Å². The number of amides is 2. The third kappa shape index (κ3) is 4.42. The van der Waals surface area contributed by atoms with E-state index in [1.54, 1.807) is 18.2 Å². The molecule has 0 aliphatic heterocycles. The van der Waals surface area contributed by atoms with Gasteiger partial charge < -0.3 is 25.5 Å². The molecule has 1 atom stereocenters. The van der Waals surface area contributed by atoms with Crippen molar-refractivity contribution in [2.45, 2.75) is 39.2 Å². The van der Waals surface area contributed by atoms with Crippen molar-refractivity contribution in [2.24, 2.45) is 5.73 Å². The van der Waals surface area contributed by atoms with Gasteiger partial charge in [0, 0.05) is 11.3 Å². The van der Waals surface area contributed by atoms with Gasteiger partial charge >= 0.3 is 0 Å². The first kappa shape index (κ1) is 20.4. The van der Waals surface area contributed by atoms with E-state index in [2.05, 4.69) is 10.3 Å². The van der Waals surface area contributed by atoms with Crippen LogP contribution in [0.15, 0.2) is 29.1 Å². The molecule has 0 spiro atoms. The van der Waals surface area contributed by atoms with Crippen LogP contribution in [-0.4, -0.2) is 30.0 Å². The lowest BCUT2D eigenvalue weighted by molar-refractivity contribution is 0.0931. The molecule has 4 N–H and O–H groups in total. The van der Waals surface area contributed by atoms with Gasteiger partial charge in [-0.05, 0) is 62.9 Å². The molecule has 0 saturated heterocycles. The number of aryl methyl sites for hydroxylation is 1. The van der Waals surface area contributed by atoms with Crippen molar-refractivity contribution in [2.75, 3.05) is 13.2 Å². The van der Waals surface area contributed by atoms with Crippen molar-refractivity contribution < 1.29 is 19.1 Å². The Morgan fingerprint density at radius 3 is 2.59 bits per heavy atom. The summed E-state index contributed by atoms with van der Waals surface area (Å²) >= 11 is 0. The number of primary amides is 1. The number of nitrogens with one attached hydrogen (secondary N) is 2. The first-order valence-corrected chi connectivity index (χ1v) is 9.71. The molecular formula is C21H25N3O5. The van der Waals surface area contributed by atoms with Gasteiger partial charge in [0.1, 0.15) is 5.56 Å². The van der Waals surface area contributed by atoms with E-state index in [0.29, 0.717) is 48.7 Å². The van der Waals surface area contributed by atoms with Gasteiger partial charge in [0.15, 0.2) is 11.5 Å². The number of aromatic amines is 1. The summed E-state index contributed by atoms with van der Waals surface area (Å²) < 4.78 is 11.1. The Labute approximate surface area is 168 Å². The molecular weight excluding hydrogens is 374 g/mol. The molecule has 8 heteroatoms. The van der Waals surface area contributed by atoms with Gasteiger partial charge in [0.25, 0.3) is 17.4 Å². The number of carbonyl (C=O) groups excluding carboxylic acids is 2. The average molecular weight is 399 g/mol. The molecule has 1 aromatic heterocycles. The van der Waals surface area contributed by atoms with Crippen LogP contribution in [0, 0.1) is 0 Å². The molecule has 2 aromatic rings. The second-order valence-corrected chi connectivity index (χ2v) is 6.76. The summed E-state index contributed by atoms with van der Waals surface area (Å²) in [6.45, 7) is 4.68. The summed E-state index contributed by atoms with van der Waals surface area (Å²) in [7, 11) is 0. The molecule has 1 aliphatic carbocycles. The molecule has 2 amide bonds. The maximum atomic E-state index is 12.9. The fraction of sp³-hybridized carbons (Fsp3) is 0.381. The van der Waals surface area contributed by atoms with Gasteiger partial charge in [0.05, 0.1) is 19.3 Å². The number of nitrogens with two attached hydrogens (primary N) is 1. The number of hydrogen-bond donors (Lipinski definition) is 3. The third-order valence-electron chi connectivity index (χ3n) is 4.83. The number of rotatable bonds is 7. The maximum Gasteiger partial charge on any atom is 0.261 e. The molecule has 1 heterocycles. The van der Waals surface area contributed by atoms with E-state index in [0.717, 1.165) is 12.1 Å². The number of aromatic nitrogens is 1. The molecule has 0 radical (unpaired) electrons. The number of carbonyl (C=O) groups is 2. The minimum Gasteiger partial charge on any atom is -0.490 e. The van der Waals surface area contributed by atoms with E-state index >= 15 is 0 Å². The predicted octanol–water partition coefficient (Wildman–Crippen LogP) is 2.08. The number of hydrogen-bond acceptors (Lipinski definition) is 5. The van der Waals surface area contributed by atoms with Crippen molar-refractivity contribution in [3.63, 3.8) is 0 Å². The molecule has 0 fully saturated rings. The zero-order valence-electron chi connectivity index (χ0n) is 16.5. The summed E-state index contributed by atoms with van der Waals surface area (Å²) in [5, 5.41) is 2.99. The summed E-state index contributed by atoms with van der Waals surface area (Å²) in [5.41, 5.74) is 6.56. The van der Waals surface area contributed by atoms with Crippen LogP contribution in [0.4, 0.5) is 0 Å². The summed E-state index contributed by atoms with van der Waals surface area (Å²) in [6, 6.07) is 6.19. The van der Waals surface area contributed by atoms with Crippen LogP contribution in [0.3, 0.4) is 0 Å². The molecule has 29 heavy (non-hydrogen) atoms. The number of fused-ring (bicyclic) bond motifs is 1. The standard InChI is InChI=1S/C21H25N3O5/c1-3-28-17-9-8-12(10-18(17)29-4-2)20(26)23-15-6-5-7-16-13(15)11-14(19(22)25)21(27)24-16/h8-11,15H,3-7H2,1-2H3,(H2,22,25)(H,23,26)(H,24,27). The number of pyridine rings is 1. The van der Waals surface area contributed by atoms with E-state index in [1.165, 1.54) is 6.07 Å². The van der Waals surface area contributed by atoms with E-state index in [9.17, 15) is 14.4 Å². The summed E-state index contributed by atoms with van der Waals surface area (Å²) in [4.78, 5) is 39.1. The number of H-pyrrole nitrogens is 1. The van der Waals surface area contributed by atoms with Crippen molar-refractivity contribution >= 4 is 11.8 Å². The van der Waals surface area contributed by atoms with Crippen LogP contribution in [0.1, 0.15) is 64.7 Å². The quantitative estimate of drug-likeness (QED) is 0.658. The van der Waals surface area contributed by atoms with Crippen LogP contribution in [0.25, 0.3) is 0 Å². The molecule has 154 valence electrons. The zero-order valence-corrected chi connectivity index (χ0v) is 16.5. The molecule has 3 rings (SSSR count). The first-order valence-electron chi connectivity index (χ1n) is 9.71. The molecule has 0 saturated carbocycles. The minimum atomic E-state index is -0.794. The van der Waals surface area contributed by atoms with E-state index < -0.39 is 11.5 Å². The highest BCUT2D eigenvalue weighted by Crippen LogP contribution is 2.31. The topological polar surface area (TPSA) is 124 Å². The van der Waals surface area contributed by atoms with E-state index in [1.807, 2.05) is 13.8 Å². The SMILES string of the molecule is CCOc1ccc(C(=O)NC2CCCc3[nH]c(=O)c(C(N)=O)cc32)cc1OCC. The lowest BCUT2D eigenvalue weighted by Gasteiger charge is -2.26. The van der Waals surface area contributed by atoms with Crippen LogP contribution in [-0.2, 0) is 6.42 Å². The largest absolute Gasteiger partial charge is 0.490 e. The Kier molecular flexibility index (Phi) is 6.21. The van der Waals surface area contributed by atoms with Crippen molar-refractivity contribution in [3.05, 3.63) is 57.0 Å². The van der Waals surface area contributed by atoms with Gasteiger partial charge in [-0.2, -0.15) is 0 Å². The highest BCUT2D eigenvalue weighted by Gasteiger charge is 2.25. The number of benzene rings is 1. The smallest absolute Gasteiger partial charge is 0.261 e. The Bertz CT molecular complexity index is 983. The van der Waals surface area contributed by atoms with Crippen LogP contribution in [0.5, 0.6) is 11.5 Å². The molecule has 1 unspecified atom stereocenters. The van der Waals surface area contributed by atoms with Gasteiger partial charge in [-0.1, -0.05) is 0 Å². The van der Waals surface area contributed by atoms with Crippen LogP contribution < -0.4 is 26.1 Å². The van der Waals surface area contributed by atoms with Gasteiger partial charge in [0.2, 0.25) is 0 Å². The summed E-state index contributed by atoms with van der Waals surface area (Å²) in [5.74, 6) is 0.0141. The molecule has 1 aliphatic rings. The highest BCUT2D eigenvalue weighted by atomic mass is 16.5. The van der Waals surface area contributed by atoms with Crippen LogP contribution >= 0.6 is 0 Å². The summed E-state index contributed by atoms with van der Waals surface area (Å²) in [6.07, 6.45) is 2.17. The van der Waals surface area contributed by atoms with Crippen molar-refractivity contribution in [1.82, 2.24) is 10.3 Å². The Balaban J connectivity index is 1.87. The maximum absolute atomic E-state index is 12.9. The fourth-order valence-corrected chi connectivity index (χ4v) is 3.51. The van der Waals surface area contributed by atoms with Crippen molar-refractivity contribution in [1.29, 1.82) is 0 Å². The Morgan fingerprint density at radius 1 is 1.17 bits per heavy atom. The second-order valence-electron chi connectivity index (χ2n) is 6.76. The lowest BCUT2D eigenvalue weighted by atomic mass is 9.90. The number of ether oxygens (including phenoxy) is 2. The van der Waals surface area contributed by atoms with Gasteiger partial charge in [-0.3, -0.25) is 14.4 Å². The Morgan fingerprint density at radius 2 is 1.90 bits per heavy atom. The van der Waals surface area contributed by atoms with E-state index in [4.69, 9.17) is 15.2 Å². The average Bonchev–Trinajstić information content (AvgIpc) is 2.69. The molecule has 1 aromatic carbocycles. The van der Waals surface area contributed by atoms with Gasteiger partial charge in [-0.25, -0.2) is 0 Å². The Hall–Kier alpha value is -3.29. The fourth-order valence-electron chi connectivity index (χ4n) is 3.51. The molecule has 0 bridgehead atoms. The normalized spacial score (nSPS) is 15.3. The lowest BCUT2D eigenvalue weighted by Crippen LogP contribution is -2.34. The van der Waals surface area contributed by atoms with Gasteiger partial charge in [-0.15, -0.1) is 0 Å². The third-order valence-corrected chi connectivity index (χ3v) is 4.83. The first-order chi connectivity index (χ1) is 13.9.